The SMILES string of the molecule is CCCN(C(=O)CNC(=O)OC(C)(C)C)C(C(=O)Nc1ccccc1C)c1ccc(C)cc1. The average molecular weight is 454 g/mol. The number of para-hydroxylation sites is 1. The molecule has 1 unspecified atom stereocenters. The van der Waals surface area contributed by atoms with Crippen molar-refractivity contribution in [3.63, 3.8) is 0 Å². The van der Waals surface area contributed by atoms with Crippen LogP contribution in [-0.2, 0) is 14.3 Å². The maximum atomic E-state index is 13.5. The highest BCUT2D eigenvalue weighted by Gasteiger charge is 2.31. The molecule has 2 aromatic carbocycles. The number of carbonyl (C=O) groups is 3. The predicted molar refractivity (Wildman–Crippen MR) is 130 cm³/mol. The lowest BCUT2D eigenvalue weighted by molar-refractivity contribution is -0.138. The summed E-state index contributed by atoms with van der Waals surface area (Å²) in [5.41, 5.74) is 2.69. The average Bonchev–Trinajstić information content (AvgIpc) is 2.73. The van der Waals surface area contributed by atoms with Gasteiger partial charge >= 0.3 is 6.09 Å². The van der Waals surface area contributed by atoms with E-state index in [1.165, 1.54) is 4.90 Å². The second-order valence-electron chi connectivity index (χ2n) is 9.06. The Labute approximate surface area is 196 Å². The van der Waals surface area contributed by atoms with E-state index in [4.69, 9.17) is 4.74 Å². The minimum Gasteiger partial charge on any atom is -0.444 e. The van der Waals surface area contributed by atoms with Gasteiger partial charge in [0.25, 0.3) is 5.91 Å². The van der Waals surface area contributed by atoms with Gasteiger partial charge in [-0.3, -0.25) is 9.59 Å². The number of nitrogens with zero attached hydrogens (tertiary/aromatic N) is 1. The van der Waals surface area contributed by atoms with Gasteiger partial charge in [-0.1, -0.05) is 55.0 Å². The van der Waals surface area contributed by atoms with Gasteiger partial charge in [0.1, 0.15) is 18.2 Å². The van der Waals surface area contributed by atoms with Crippen molar-refractivity contribution in [2.24, 2.45) is 0 Å². The lowest BCUT2D eigenvalue weighted by Gasteiger charge is -2.31. The van der Waals surface area contributed by atoms with Crippen LogP contribution in [0.4, 0.5) is 10.5 Å². The Morgan fingerprint density at radius 3 is 2.21 bits per heavy atom. The first kappa shape index (κ1) is 25.9. The zero-order valence-electron chi connectivity index (χ0n) is 20.4. The summed E-state index contributed by atoms with van der Waals surface area (Å²) >= 11 is 0. The summed E-state index contributed by atoms with van der Waals surface area (Å²) in [5.74, 6) is -0.680. The van der Waals surface area contributed by atoms with E-state index < -0.39 is 17.7 Å². The Morgan fingerprint density at radius 1 is 1.00 bits per heavy atom. The monoisotopic (exact) mass is 453 g/mol. The molecule has 0 aliphatic carbocycles. The molecule has 0 aliphatic heterocycles. The highest BCUT2D eigenvalue weighted by molar-refractivity contribution is 5.98. The van der Waals surface area contributed by atoms with Gasteiger partial charge in [0.05, 0.1) is 0 Å². The van der Waals surface area contributed by atoms with Gasteiger partial charge in [-0.2, -0.15) is 0 Å². The first-order chi connectivity index (χ1) is 15.5. The van der Waals surface area contributed by atoms with Gasteiger partial charge in [0.2, 0.25) is 5.91 Å². The fourth-order valence-corrected chi connectivity index (χ4v) is 3.34. The van der Waals surface area contributed by atoms with Gasteiger partial charge < -0.3 is 20.3 Å². The van der Waals surface area contributed by atoms with E-state index in [0.717, 1.165) is 11.1 Å². The topological polar surface area (TPSA) is 87.7 Å². The summed E-state index contributed by atoms with van der Waals surface area (Å²) in [6.45, 7) is 11.2. The molecule has 2 aromatic rings. The molecule has 178 valence electrons. The summed E-state index contributed by atoms with van der Waals surface area (Å²) in [4.78, 5) is 40.2. The standard InChI is InChI=1S/C26H35N3O4/c1-7-16-29(22(30)17-27-25(32)33-26(4,5)6)23(20-14-12-18(2)13-15-20)24(31)28-21-11-9-8-10-19(21)3/h8-15,23H,7,16-17H2,1-6H3,(H,27,32)(H,28,31). The van der Waals surface area contributed by atoms with Crippen molar-refractivity contribution < 1.29 is 19.1 Å². The van der Waals surface area contributed by atoms with Crippen molar-refractivity contribution in [2.75, 3.05) is 18.4 Å². The van der Waals surface area contributed by atoms with E-state index in [0.29, 0.717) is 24.2 Å². The quantitative estimate of drug-likeness (QED) is 0.604. The fourth-order valence-electron chi connectivity index (χ4n) is 3.34. The van der Waals surface area contributed by atoms with Crippen LogP contribution in [0.1, 0.15) is 56.8 Å². The number of rotatable bonds is 8. The minimum absolute atomic E-state index is 0.269. The van der Waals surface area contributed by atoms with Crippen LogP contribution in [0.25, 0.3) is 0 Å². The van der Waals surface area contributed by atoms with Crippen molar-refractivity contribution in [1.29, 1.82) is 0 Å². The Balaban J connectivity index is 2.31. The van der Waals surface area contributed by atoms with Gasteiger partial charge in [0.15, 0.2) is 0 Å². The first-order valence-electron chi connectivity index (χ1n) is 11.2. The molecule has 0 fully saturated rings. The molecule has 0 aromatic heterocycles. The van der Waals surface area contributed by atoms with Gasteiger partial charge in [-0.25, -0.2) is 4.79 Å². The van der Waals surface area contributed by atoms with Gasteiger partial charge in [-0.15, -0.1) is 0 Å². The zero-order valence-corrected chi connectivity index (χ0v) is 20.4. The molecule has 33 heavy (non-hydrogen) atoms. The normalized spacial score (nSPS) is 11.9. The summed E-state index contributed by atoms with van der Waals surface area (Å²) in [7, 11) is 0. The van der Waals surface area contributed by atoms with Crippen LogP contribution in [0.3, 0.4) is 0 Å². The molecule has 1 atom stereocenters. The molecule has 7 nitrogen and oxygen atoms in total. The smallest absolute Gasteiger partial charge is 0.408 e. The Morgan fingerprint density at radius 2 is 1.64 bits per heavy atom. The molecular weight excluding hydrogens is 418 g/mol. The molecule has 2 rings (SSSR count). The van der Waals surface area contributed by atoms with Crippen LogP contribution < -0.4 is 10.6 Å². The Hall–Kier alpha value is -3.35. The number of nitrogens with one attached hydrogen (secondary N) is 2. The van der Waals surface area contributed by atoms with E-state index >= 15 is 0 Å². The highest BCUT2D eigenvalue weighted by Crippen LogP contribution is 2.25. The fraction of sp³-hybridized carbons (Fsp3) is 0.423. The number of anilines is 1. The van der Waals surface area contributed by atoms with E-state index in [2.05, 4.69) is 10.6 Å². The molecule has 0 saturated heterocycles. The Kier molecular flexibility index (Phi) is 9.02. The molecule has 0 saturated carbocycles. The van der Waals surface area contributed by atoms with Gasteiger partial charge in [-0.05, 0) is 58.2 Å². The van der Waals surface area contributed by atoms with E-state index in [-0.39, 0.29) is 18.4 Å². The van der Waals surface area contributed by atoms with Crippen molar-refractivity contribution in [3.8, 4) is 0 Å². The lowest BCUT2D eigenvalue weighted by atomic mass is 10.0. The van der Waals surface area contributed by atoms with Crippen molar-refractivity contribution in [1.82, 2.24) is 10.2 Å². The number of hydrogen-bond donors (Lipinski definition) is 2. The maximum absolute atomic E-state index is 13.5. The number of amides is 3. The molecule has 0 aliphatic rings. The van der Waals surface area contributed by atoms with Crippen LogP contribution >= 0.6 is 0 Å². The molecule has 0 spiro atoms. The van der Waals surface area contributed by atoms with Crippen LogP contribution in [0, 0.1) is 13.8 Å². The number of benzene rings is 2. The summed E-state index contributed by atoms with van der Waals surface area (Å²) in [5, 5.41) is 5.48. The van der Waals surface area contributed by atoms with Crippen LogP contribution in [-0.4, -0.2) is 41.5 Å². The summed E-state index contributed by atoms with van der Waals surface area (Å²) < 4.78 is 5.23. The number of hydrogen-bond acceptors (Lipinski definition) is 4. The predicted octanol–water partition coefficient (Wildman–Crippen LogP) is 4.75. The number of aryl methyl sites for hydroxylation is 2. The molecule has 0 heterocycles. The lowest BCUT2D eigenvalue weighted by Crippen LogP contribution is -2.46. The molecule has 2 N–H and O–H groups in total. The summed E-state index contributed by atoms with van der Waals surface area (Å²) in [6, 6.07) is 14.2. The largest absolute Gasteiger partial charge is 0.444 e. The first-order valence-corrected chi connectivity index (χ1v) is 11.2. The second kappa shape index (κ2) is 11.5. The van der Waals surface area contributed by atoms with Crippen molar-refractivity contribution in [2.45, 2.75) is 59.6 Å². The number of ether oxygens (including phenoxy) is 1. The third-order valence-corrected chi connectivity index (χ3v) is 4.92. The zero-order chi connectivity index (χ0) is 24.6. The third kappa shape index (κ3) is 7.93. The number of carbonyl (C=O) groups excluding carboxylic acids is 3. The van der Waals surface area contributed by atoms with Crippen molar-refractivity contribution >= 4 is 23.6 Å². The highest BCUT2D eigenvalue weighted by atomic mass is 16.6. The molecule has 7 heteroatoms. The van der Waals surface area contributed by atoms with Crippen LogP contribution in [0.2, 0.25) is 0 Å². The van der Waals surface area contributed by atoms with Crippen LogP contribution in [0.5, 0.6) is 0 Å². The van der Waals surface area contributed by atoms with E-state index in [1.807, 2.05) is 69.3 Å². The van der Waals surface area contributed by atoms with E-state index in [1.54, 1.807) is 20.8 Å². The Bertz CT molecular complexity index is 964. The van der Waals surface area contributed by atoms with E-state index in [9.17, 15) is 14.4 Å². The maximum Gasteiger partial charge on any atom is 0.408 e. The second-order valence-corrected chi connectivity index (χ2v) is 9.06. The third-order valence-electron chi connectivity index (χ3n) is 4.92. The summed E-state index contributed by atoms with van der Waals surface area (Å²) in [6.07, 6.45) is -0.0263. The van der Waals surface area contributed by atoms with Crippen LogP contribution in [0.15, 0.2) is 48.5 Å². The van der Waals surface area contributed by atoms with Gasteiger partial charge in [0, 0.05) is 12.2 Å². The van der Waals surface area contributed by atoms with Crippen molar-refractivity contribution in [3.05, 3.63) is 65.2 Å². The molecular formula is C26H35N3O4. The number of alkyl carbamates (subject to hydrolysis) is 1. The molecule has 0 radical (unpaired) electrons. The molecule has 3 amide bonds. The minimum atomic E-state index is -0.849. The molecule has 0 bridgehead atoms.